The first-order chi connectivity index (χ1) is 7.13. The fourth-order valence-electron chi connectivity index (χ4n) is 0.767. The molecule has 1 aromatic rings. The van der Waals surface area contributed by atoms with Gasteiger partial charge in [0.2, 0.25) is 5.28 Å². The number of aliphatic imine (C=N–C) groups is 1. The summed E-state index contributed by atoms with van der Waals surface area (Å²) in [4.78, 5) is 22.0. The number of esters is 1. The van der Waals surface area contributed by atoms with Gasteiger partial charge < -0.3 is 10.5 Å². The van der Waals surface area contributed by atoms with Gasteiger partial charge in [0.15, 0.2) is 5.82 Å². The van der Waals surface area contributed by atoms with Crippen molar-refractivity contribution in [3.8, 4) is 0 Å². The summed E-state index contributed by atoms with van der Waals surface area (Å²) in [5.41, 5.74) is 5.75. The van der Waals surface area contributed by atoms with E-state index in [9.17, 15) is 4.79 Å². The molecule has 0 aromatic carbocycles. The van der Waals surface area contributed by atoms with Crippen LogP contribution in [0, 0.1) is 0 Å². The minimum absolute atomic E-state index is 0.0302. The molecular formula is C8H9ClN4O2. The van der Waals surface area contributed by atoms with Gasteiger partial charge in [0, 0.05) is 0 Å². The number of nitrogen functional groups attached to an aromatic ring is 1. The molecule has 0 fully saturated rings. The maximum absolute atomic E-state index is 10.9. The Labute approximate surface area is 91.1 Å². The second kappa shape index (κ2) is 5.26. The number of halogens is 1. The van der Waals surface area contributed by atoms with Crippen LogP contribution in [0.3, 0.4) is 0 Å². The maximum atomic E-state index is 10.9. The first-order valence-corrected chi connectivity index (χ1v) is 4.50. The summed E-state index contributed by atoms with van der Waals surface area (Å²) >= 11 is 5.48. The zero-order valence-corrected chi connectivity index (χ0v) is 8.73. The van der Waals surface area contributed by atoms with E-state index in [1.54, 1.807) is 6.92 Å². The lowest BCUT2D eigenvalue weighted by atomic mass is 10.5. The minimum atomic E-state index is -0.549. The van der Waals surface area contributed by atoms with Gasteiger partial charge in [0.1, 0.15) is 11.9 Å². The second-order valence-electron chi connectivity index (χ2n) is 2.42. The van der Waals surface area contributed by atoms with Gasteiger partial charge in [0.05, 0.1) is 12.8 Å². The van der Waals surface area contributed by atoms with Gasteiger partial charge in [-0.1, -0.05) is 0 Å². The molecule has 1 heterocycles. The molecule has 0 aliphatic rings. The van der Waals surface area contributed by atoms with Crippen molar-refractivity contribution in [2.45, 2.75) is 6.92 Å². The van der Waals surface area contributed by atoms with Crippen LogP contribution < -0.4 is 5.73 Å². The third-order valence-electron chi connectivity index (χ3n) is 1.36. The summed E-state index contributed by atoms with van der Waals surface area (Å²) in [6.45, 7) is 1.99. The fraction of sp³-hybridized carbons (Fsp3) is 0.250. The number of anilines is 1. The Morgan fingerprint density at radius 1 is 1.80 bits per heavy atom. The molecule has 6 nitrogen and oxygen atoms in total. The lowest BCUT2D eigenvalue weighted by molar-refractivity contribution is -0.134. The number of hydrogen-bond donors (Lipinski definition) is 1. The maximum Gasteiger partial charge on any atom is 0.349 e. The molecular weight excluding hydrogens is 220 g/mol. The Hall–Kier alpha value is -1.69. The molecule has 0 aliphatic heterocycles. The molecule has 1 aromatic heterocycles. The van der Waals surface area contributed by atoms with E-state index in [0.717, 1.165) is 6.21 Å². The van der Waals surface area contributed by atoms with Crippen LogP contribution in [0.4, 0.5) is 11.5 Å². The largest absolute Gasteiger partial charge is 0.462 e. The third kappa shape index (κ3) is 3.51. The van der Waals surface area contributed by atoms with Gasteiger partial charge in [-0.3, -0.25) is 0 Å². The molecule has 0 unspecified atom stereocenters. The SMILES string of the molecule is CCOC(=O)C=Nc1cnc(Cl)nc1N. The van der Waals surface area contributed by atoms with Crippen LogP contribution >= 0.6 is 11.6 Å². The summed E-state index contributed by atoms with van der Waals surface area (Å²) in [6.07, 6.45) is 2.33. The predicted molar refractivity (Wildman–Crippen MR) is 56.2 cm³/mol. The number of hydrogen-bond acceptors (Lipinski definition) is 6. The molecule has 80 valence electrons. The van der Waals surface area contributed by atoms with Crippen molar-refractivity contribution in [3.63, 3.8) is 0 Å². The number of carbonyl (C=O) groups excluding carboxylic acids is 1. The van der Waals surface area contributed by atoms with E-state index in [4.69, 9.17) is 17.3 Å². The number of nitrogens with two attached hydrogens (primary N) is 1. The van der Waals surface area contributed by atoms with Crippen LogP contribution in [0.1, 0.15) is 6.92 Å². The van der Waals surface area contributed by atoms with Crippen molar-refractivity contribution < 1.29 is 9.53 Å². The lowest BCUT2D eigenvalue weighted by Gasteiger charge is -1.98. The summed E-state index contributed by atoms with van der Waals surface area (Å²) in [5, 5.41) is 0.0302. The highest BCUT2D eigenvalue weighted by molar-refractivity contribution is 6.28. The fourth-order valence-corrected chi connectivity index (χ4v) is 0.907. The molecule has 7 heteroatoms. The molecule has 0 amide bonds. The van der Waals surface area contributed by atoms with Crippen LogP contribution in [0.2, 0.25) is 5.28 Å². The minimum Gasteiger partial charge on any atom is -0.462 e. The van der Waals surface area contributed by atoms with Crippen molar-refractivity contribution in [1.29, 1.82) is 0 Å². The van der Waals surface area contributed by atoms with Crippen LogP contribution in [0.15, 0.2) is 11.2 Å². The molecule has 0 atom stereocenters. The average Bonchev–Trinajstić information content (AvgIpc) is 2.17. The first-order valence-electron chi connectivity index (χ1n) is 4.12. The Kier molecular flexibility index (Phi) is 3.99. The normalized spacial score (nSPS) is 10.5. The molecule has 15 heavy (non-hydrogen) atoms. The van der Waals surface area contributed by atoms with Crippen molar-refractivity contribution in [3.05, 3.63) is 11.5 Å². The number of nitrogens with zero attached hydrogens (tertiary/aromatic N) is 3. The first kappa shape index (κ1) is 11.4. The van der Waals surface area contributed by atoms with E-state index in [-0.39, 0.29) is 23.4 Å². The van der Waals surface area contributed by atoms with Gasteiger partial charge in [-0.05, 0) is 18.5 Å². The van der Waals surface area contributed by atoms with Gasteiger partial charge in [0.25, 0.3) is 0 Å². The number of ether oxygens (including phenoxy) is 1. The van der Waals surface area contributed by atoms with E-state index in [2.05, 4.69) is 19.7 Å². The van der Waals surface area contributed by atoms with Crippen LogP contribution in [0.25, 0.3) is 0 Å². The zero-order chi connectivity index (χ0) is 11.3. The molecule has 0 radical (unpaired) electrons. The average molecular weight is 229 g/mol. The summed E-state index contributed by atoms with van der Waals surface area (Å²) in [6, 6.07) is 0. The molecule has 1 rings (SSSR count). The predicted octanol–water partition coefficient (Wildman–Crippen LogP) is 0.978. The summed E-state index contributed by atoms with van der Waals surface area (Å²) < 4.78 is 4.63. The highest BCUT2D eigenvalue weighted by Crippen LogP contribution is 2.18. The van der Waals surface area contributed by atoms with Crippen LogP contribution in [-0.4, -0.2) is 28.8 Å². The quantitative estimate of drug-likeness (QED) is 0.473. The molecule has 2 N–H and O–H groups in total. The van der Waals surface area contributed by atoms with Crippen LogP contribution in [0.5, 0.6) is 0 Å². The van der Waals surface area contributed by atoms with E-state index in [1.807, 2.05) is 0 Å². The van der Waals surface area contributed by atoms with Crippen molar-refractivity contribution in [2.24, 2.45) is 4.99 Å². The highest BCUT2D eigenvalue weighted by Gasteiger charge is 2.01. The van der Waals surface area contributed by atoms with Crippen molar-refractivity contribution >= 4 is 35.3 Å². The molecule has 0 bridgehead atoms. The molecule has 0 spiro atoms. The Morgan fingerprint density at radius 2 is 2.53 bits per heavy atom. The van der Waals surface area contributed by atoms with E-state index < -0.39 is 5.97 Å². The molecule has 0 aliphatic carbocycles. The highest BCUT2D eigenvalue weighted by atomic mass is 35.5. The van der Waals surface area contributed by atoms with E-state index >= 15 is 0 Å². The second-order valence-corrected chi connectivity index (χ2v) is 2.76. The van der Waals surface area contributed by atoms with Crippen LogP contribution in [-0.2, 0) is 9.53 Å². The molecule has 0 saturated carbocycles. The van der Waals surface area contributed by atoms with Crippen molar-refractivity contribution in [1.82, 2.24) is 9.97 Å². The van der Waals surface area contributed by atoms with Crippen molar-refractivity contribution in [2.75, 3.05) is 12.3 Å². The van der Waals surface area contributed by atoms with Gasteiger partial charge >= 0.3 is 5.97 Å². The van der Waals surface area contributed by atoms with E-state index in [1.165, 1.54) is 6.20 Å². The van der Waals surface area contributed by atoms with Gasteiger partial charge in [-0.2, -0.15) is 4.98 Å². The number of carbonyl (C=O) groups is 1. The number of aromatic nitrogens is 2. The molecule has 0 saturated heterocycles. The summed E-state index contributed by atoms with van der Waals surface area (Å²) in [7, 11) is 0. The topological polar surface area (TPSA) is 90.5 Å². The standard InChI is InChI=1S/C8H9ClN4O2/c1-2-15-6(14)4-11-5-3-12-8(9)13-7(5)10/h3-4H,2H2,1H3,(H2,10,12,13). The summed E-state index contributed by atoms with van der Waals surface area (Å²) in [5.74, 6) is -0.442. The van der Waals surface area contributed by atoms with E-state index in [0.29, 0.717) is 0 Å². The third-order valence-corrected chi connectivity index (χ3v) is 1.55. The zero-order valence-electron chi connectivity index (χ0n) is 7.98. The number of rotatable bonds is 3. The Morgan fingerprint density at radius 3 is 3.13 bits per heavy atom. The monoisotopic (exact) mass is 228 g/mol. The Bertz CT molecular complexity index is 394. The lowest BCUT2D eigenvalue weighted by Crippen LogP contribution is -2.04. The Balaban J connectivity index is 2.76. The van der Waals surface area contributed by atoms with Gasteiger partial charge in [-0.25, -0.2) is 14.8 Å². The van der Waals surface area contributed by atoms with Gasteiger partial charge in [-0.15, -0.1) is 0 Å². The smallest absolute Gasteiger partial charge is 0.349 e.